The van der Waals surface area contributed by atoms with E-state index in [1.54, 1.807) is 0 Å². The van der Waals surface area contributed by atoms with E-state index in [9.17, 15) is 9.59 Å². The summed E-state index contributed by atoms with van der Waals surface area (Å²) in [4.78, 5) is 27.4. The van der Waals surface area contributed by atoms with E-state index in [1.807, 2.05) is 12.3 Å². The number of nitrogens with zero attached hydrogens (tertiary/aromatic N) is 4. The Balaban J connectivity index is 0.000000265. The third-order valence-corrected chi connectivity index (χ3v) is 5.83. The number of rotatable bonds is 4. The fraction of sp³-hybridized carbons (Fsp3) is 0.304. The predicted octanol–water partition coefficient (Wildman–Crippen LogP) is 2.62. The summed E-state index contributed by atoms with van der Waals surface area (Å²) < 4.78 is 0. The Morgan fingerprint density at radius 3 is 2.31 bits per heavy atom. The van der Waals surface area contributed by atoms with Crippen LogP contribution in [0.4, 0.5) is 5.82 Å². The molecule has 0 atom stereocenters. The minimum Gasteiger partial charge on any atom is -0.478 e. The minimum atomic E-state index is -1.26. The number of carbonyl (C=O) groups is 2. The fourth-order valence-corrected chi connectivity index (χ4v) is 4.24. The summed E-state index contributed by atoms with van der Waals surface area (Å²) in [7, 11) is 0. The summed E-state index contributed by atoms with van der Waals surface area (Å²) >= 11 is 0. The van der Waals surface area contributed by atoms with Crippen LogP contribution in [0.15, 0.2) is 54.7 Å². The Bertz CT molecular complexity index is 1100. The van der Waals surface area contributed by atoms with Gasteiger partial charge in [-0.3, -0.25) is 0 Å². The van der Waals surface area contributed by atoms with Crippen molar-refractivity contribution < 1.29 is 19.8 Å². The number of para-hydroxylation sites is 1. The first-order chi connectivity index (χ1) is 15.5. The number of carboxylic acid groups (broad SMARTS) is 2. The highest BCUT2D eigenvalue weighted by Crippen LogP contribution is 2.29. The number of H-pyrrole nitrogens is 1. The van der Waals surface area contributed by atoms with Crippen LogP contribution in [0.5, 0.6) is 0 Å². The lowest BCUT2D eigenvalue weighted by Crippen LogP contribution is -2.38. The lowest BCUT2D eigenvalue weighted by molar-refractivity contribution is -0.134. The normalized spacial score (nSPS) is 20.1. The van der Waals surface area contributed by atoms with Gasteiger partial charge in [0.1, 0.15) is 0 Å². The van der Waals surface area contributed by atoms with Crippen molar-refractivity contribution in [2.24, 2.45) is 0 Å². The molecule has 3 aromatic rings. The van der Waals surface area contributed by atoms with Crippen LogP contribution < -0.4 is 4.90 Å². The molecule has 0 saturated carbocycles. The van der Waals surface area contributed by atoms with Gasteiger partial charge >= 0.3 is 11.9 Å². The number of aromatic nitrogens is 3. The summed E-state index contributed by atoms with van der Waals surface area (Å²) in [6, 6.07) is 13.2. The molecule has 2 bridgehead atoms. The molecule has 3 aliphatic heterocycles. The van der Waals surface area contributed by atoms with Crippen LogP contribution in [0.3, 0.4) is 0 Å². The Labute approximate surface area is 185 Å². The van der Waals surface area contributed by atoms with E-state index in [1.165, 1.54) is 31.3 Å². The van der Waals surface area contributed by atoms with Gasteiger partial charge in [-0.2, -0.15) is 0 Å². The second kappa shape index (κ2) is 9.61. The summed E-state index contributed by atoms with van der Waals surface area (Å²) in [6.45, 7) is 4.65. The van der Waals surface area contributed by atoms with Crippen molar-refractivity contribution >= 4 is 28.7 Å². The molecule has 0 spiro atoms. The standard InChI is InChI=1S/C19H21N5.C4H4O4/c1-2-4-17-15(3-1)16(13-20-17)18-5-6-19(22-21-18)24-12-11-23-9-7-14(24)8-10-23;5-3(6)1-2-4(7)8/h1-6,13-14,20H,7-12H2;1-2H,(H,5,6)(H,7,8)/b;2-1+. The third-order valence-electron chi connectivity index (χ3n) is 5.83. The summed E-state index contributed by atoms with van der Waals surface area (Å²) in [5.41, 5.74) is 3.18. The van der Waals surface area contributed by atoms with E-state index < -0.39 is 11.9 Å². The average Bonchev–Trinajstić information content (AvgIpc) is 3.00. The minimum absolute atomic E-state index is 0.558. The van der Waals surface area contributed by atoms with Crippen molar-refractivity contribution in [3.8, 4) is 11.3 Å². The van der Waals surface area contributed by atoms with E-state index in [-0.39, 0.29) is 0 Å². The van der Waals surface area contributed by atoms with Gasteiger partial charge in [0.15, 0.2) is 5.82 Å². The zero-order chi connectivity index (χ0) is 22.5. The van der Waals surface area contributed by atoms with Crippen molar-refractivity contribution in [2.75, 3.05) is 31.1 Å². The molecule has 6 rings (SSSR count). The van der Waals surface area contributed by atoms with Gasteiger partial charge in [0.05, 0.1) is 5.69 Å². The summed E-state index contributed by atoms with van der Waals surface area (Å²) in [5, 5.41) is 25.9. The molecule has 0 radical (unpaired) electrons. The maximum atomic E-state index is 9.55. The van der Waals surface area contributed by atoms with Crippen LogP contribution in [-0.2, 0) is 9.59 Å². The van der Waals surface area contributed by atoms with E-state index in [4.69, 9.17) is 10.2 Å². The molecule has 3 saturated heterocycles. The van der Waals surface area contributed by atoms with Crippen LogP contribution in [0.1, 0.15) is 12.8 Å². The number of hydrogen-bond donors (Lipinski definition) is 3. The molecule has 0 unspecified atom stereocenters. The van der Waals surface area contributed by atoms with Crippen molar-refractivity contribution in [1.82, 2.24) is 20.1 Å². The Kier molecular flexibility index (Phi) is 6.46. The molecule has 9 heteroatoms. The lowest BCUT2D eigenvalue weighted by atomic mass is 10.1. The number of hydrogen-bond acceptors (Lipinski definition) is 6. The first-order valence-corrected chi connectivity index (χ1v) is 10.5. The predicted molar refractivity (Wildman–Crippen MR) is 121 cm³/mol. The molecule has 2 aromatic heterocycles. The van der Waals surface area contributed by atoms with E-state index in [0.29, 0.717) is 18.2 Å². The largest absolute Gasteiger partial charge is 0.478 e. The number of aliphatic carboxylic acids is 2. The van der Waals surface area contributed by atoms with Crippen molar-refractivity contribution in [1.29, 1.82) is 0 Å². The van der Waals surface area contributed by atoms with Gasteiger partial charge in [0.25, 0.3) is 0 Å². The van der Waals surface area contributed by atoms with Crippen molar-refractivity contribution in [3.05, 3.63) is 54.7 Å². The third kappa shape index (κ3) is 4.94. The highest BCUT2D eigenvalue weighted by molar-refractivity contribution is 5.94. The number of nitrogens with one attached hydrogen (secondary N) is 1. The molecule has 5 heterocycles. The maximum absolute atomic E-state index is 9.55. The highest BCUT2D eigenvalue weighted by atomic mass is 16.4. The van der Waals surface area contributed by atoms with Gasteiger partial charge in [-0.25, -0.2) is 9.59 Å². The highest BCUT2D eigenvalue weighted by Gasteiger charge is 2.29. The van der Waals surface area contributed by atoms with Gasteiger partial charge in [0.2, 0.25) is 0 Å². The van der Waals surface area contributed by atoms with Crippen molar-refractivity contribution in [2.45, 2.75) is 18.9 Å². The van der Waals surface area contributed by atoms with Crippen molar-refractivity contribution in [3.63, 3.8) is 0 Å². The number of piperidine rings is 1. The molecular weight excluding hydrogens is 410 g/mol. The van der Waals surface area contributed by atoms with Crippen LogP contribution in [0.2, 0.25) is 0 Å². The first kappa shape index (κ1) is 21.5. The SMILES string of the molecule is O=C(O)/C=C/C(=O)O.c1ccc2c(-c3ccc(N4CCN5CCC4CC5)nn3)c[nH]c2c1. The van der Waals surface area contributed by atoms with E-state index >= 15 is 0 Å². The number of benzene rings is 1. The Morgan fingerprint density at radius 2 is 1.66 bits per heavy atom. The van der Waals surface area contributed by atoms with E-state index in [0.717, 1.165) is 35.7 Å². The molecule has 0 amide bonds. The molecule has 3 N–H and O–H groups in total. The number of carboxylic acids is 2. The Hall–Kier alpha value is -3.72. The van der Waals surface area contributed by atoms with Gasteiger partial charge in [-0.1, -0.05) is 18.2 Å². The second-order valence-corrected chi connectivity index (χ2v) is 7.80. The molecule has 3 fully saturated rings. The van der Waals surface area contributed by atoms with Gasteiger partial charge in [-0.15, -0.1) is 10.2 Å². The number of aromatic amines is 1. The van der Waals surface area contributed by atoms with Crippen LogP contribution in [-0.4, -0.2) is 74.5 Å². The molecule has 3 aliphatic rings. The molecule has 32 heavy (non-hydrogen) atoms. The number of anilines is 1. The Morgan fingerprint density at radius 1 is 0.938 bits per heavy atom. The lowest BCUT2D eigenvalue weighted by Gasteiger charge is -2.31. The van der Waals surface area contributed by atoms with Crippen LogP contribution in [0, 0.1) is 0 Å². The second-order valence-electron chi connectivity index (χ2n) is 7.80. The molecule has 166 valence electrons. The van der Waals surface area contributed by atoms with Crippen LogP contribution in [0.25, 0.3) is 22.2 Å². The molecule has 9 nitrogen and oxygen atoms in total. The van der Waals surface area contributed by atoms with Gasteiger partial charge < -0.3 is 25.0 Å². The summed E-state index contributed by atoms with van der Waals surface area (Å²) in [5.74, 6) is -1.49. The smallest absolute Gasteiger partial charge is 0.328 e. The van der Waals surface area contributed by atoms with Gasteiger partial charge in [-0.05, 0) is 31.0 Å². The quantitative estimate of drug-likeness (QED) is 0.535. The molecule has 0 aliphatic carbocycles. The zero-order valence-corrected chi connectivity index (χ0v) is 17.5. The topological polar surface area (TPSA) is 123 Å². The number of fused-ring (bicyclic) bond motifs is 5. The summed E-state index contributed by atoms with van der Waals surface area (Å²) in [6.07, 6.45) is 5.62. The van der Waals surface area contributed by atoms with Crippen LogP contribution >= 0.6 is 0 Å². The fourth-order valence-electron chi connectivity index (χ4n) is 4.24. The van der Waals surface area contributed by atoms with Gasteiger partial charge in [0, 0.05) is 67.0 Å². The maximum Gasteiger partial charge on any atom is 0.328 e. The first-order valence-electron chi connectivity index (χ1n) is 10.5. The monoisotopic (exact) mass is 435 g/mol. The molecular formula is C23H25N5O4. The zero-order valence-electron chi connectivity index (χ0n) is 17.5. The molecule has 1 aromatic carbocycles. The van der Waals surface area contributed by atoms with E-state index in [2.05, 4.69) is 55.3 Å². The average molecular weight is 435 g/mol.